The standard InChI is InChI=1S/C14H18F4N2O.ClH/c1-13(2,7-19)8-20(3)12(21)9-5-4-6-10(11(9)15)14(16,17)18;/h4-6H,7-8,19H2,1-3H3;1H. The first-order valence-corrected chi connectivity index (χ1v) is 6.31. The minimum absolute atomic E-state index is 0. The lowest BCUT2D eigenvalue weighted by molar-refractivity contribution is -0.140. The first-order valence-electron chi connectivity index (χ1n) is 6.31. The van der Waals surface area contributed by atoms with Crippen molar-refractivity contribution in [2.45, 2.75) is 20.0 Å². The zero-order valence-electron chi connectivity index (χ0n) is 12.5. The molecule has 0 heterocycles. The molecule has 8 heteroatoms. The van der Waals surface area contributed by atoms with Crippen molar-refractivity contribution in [1.82, 2.24) is 4.90 Å². The Labute approximate surface area is 132 Å². The molecule has 0 aliphatic carbocycles. The lowest BCUT2D eigenvalue weighted by Gasteiger charge is -2.29. The molecule has 1 amide bonds. The van der Waals surface area contributed by atoms with Crippen molar-refractivity contribution >= 4 is 18.3 Å². The summed E-state index contributed by atoms with van der Waals surface area (Å²) in [5, 5.41) is 0. The summed E-state index contributed by atoms with van der Waals surface area (Å²) in [5.74, 6) is -2.35. The van der Waals surface area contributed by atoms with Crippen LogP contribution in [0.5, 0.6) is 0 Å². The van der Waals surface area contributed by atoms with E-state index in [0.717, 1.165) is 12.1 Å². The highest BCUT2D eigenvalue weighted by Gasteiger charge is 2.36. The van der Waals surface area contributed by atoms with Gasteiger partial charge in [0.2, 0.25) is 0 Å². The van der Waals surface area contributed by atoms with E-state index in [-0.39, 0.29) is 25.5 Å². The predicted molar refractivity (Wildman–Crippen MR) is 78.4 cm³/mol. The van der Waals surface area contributed by atoms with Crippen LogP contribution in [0.25, 0.3) is 0 Å². The van der Waals surface area contributed by atoms with Crippen molar-refractivity contribution in [3.8, 4) is 0 Å². The van der Waals surface area contributed by atoms with Gasteiger partial charge in [-0.15, -0.1) is 12.4 Å². The van der Waals surface area contributed by atoms with Crippen molar-refractivity contribution in [2.24, 2.45) is 11.1 Å². The molecule has 126 valence electrons. The molecule has 0 saturated heterocycles. The number of nitrogens with zero attached hydrogens (tertiary/aromatic N) is 1. The summed E-state index contributed by atoms with van der Waals surface area (Å²) in [7, 11) is 1.40. The lowest BCUT2D eigenvalue weighted by Crippen LogP contribution is -2.40. The molecule has 0 aliphatic heterocycles. The minimum Gasteiger partial charge on any atom is -0.341 e. The molecular weight excluding hydrogens is 324 g/mol. The Morgan fingerprint density at radius 2 is 1.82 bits per heavy atom. The fourth-order valence-electron chi connectivity index (χ4n) is 1.90. The van der Waals surface area contributed by atoms with Crippen LogP contribution < -0.4 is 5.73 Å². The summed E-state index contributed by atoms with van der Waals surface area (Å²) < 4.78 is 51.8. The summed E-state index contributed by atoms with van der Waals surface area (Å²) in [6.45, 7) is 4.10. The Balaban J connectivity index is 0.00000441. The van der Waals surface area contributed by atoms with E-state index in [0.29, 0.717) is 6.07 Å². The van der Waals surface area contributed by atoms with E-state index in [2.05, 4.69) is 0 Å². The van der Waals surface area contributed by atoms with Crippen molar-refractivity contribution in [3.05, 3.63) is 35.1 Å². The number of hydrogen-bond donors (Lipinski definition) is 1. The average molecular weight is 343 g/mol. The second kappa shape index (κ2) is 7.28. The third kappa shape index (κ3) is 4.84. The van der Waals surface area contributed by atoms with Crippen LogP contribution in [0.2, 0.25) is 0 Å². The number of carbonyl (C=O) groups excluding carboxylic acids is 1. The summed E-state index contributed by atoms with van der Waals surface area (Å²) in [5.41, 5.74) is 3.09. The van der Waals surface area contributed by atoms with E-state index in [1.54, 1.807) is 13.8 Å². The monoisotopic (exact) mass is 342 g/mol. The van der Waals surface area contributed by atoms with Gasteiger partial charge in [0.05, 0.1) is 11.1 Å². The molecule has 1 rings (SSSR count). The van der Waals surface area contributed by atoms with Crippen LogP contribution in [0.1, 0.15) is 29.8 Å². The lowest BCUT2D eigenvalue weighted by atomic mass is 9.93. The molecule has 0 unspecified atom stereocenters. The Bertz CT molecular complexity index is 532. The van der Waals surface area contributed by atoms with Gasteiger partial charge in [0.25, 0.3) is 5.91 Å². The van der Waals surface area contributed by atoms with E-state index >= 15 is 0 Å². The van der Waals surface area contributed by atoms with Crippen molar-refractivity contribution in [3.63, 3.8) is 0 Å². The summed E-state index contributed by atoms with van der Waals surface area (Å²) >= 11 is 0. The Hall–Kier alpha value is -1.34. The molecule has 3 nitrogen and oxygen atoms in total. The van der Waals surface area contributed by atoms with Gasteiger partial charge in [-0.2, -0.15) is 13.2 Å². The molecule has 0 saturated carbocycles. The molecule has 0 spiro atoms. The van der Waals surface area contributed by atoms with Gasteiger partial charge in [-0.05, 0) is 24.1 Å². The van der Waals surface area contributed by atoms with Gasteiger partial charge in [0, 0.05) is 13.6 Å². The molecule has 2 N–H and O–H groups in total. The highest BCUT2D eigenvalue weighted by molar-refractivity contribution is 5.94. The molecule has 0 aliphatic rings. The van der Waals surface area contributed by atoms with Gasteiger partial charge in [0.1, 0.15) is 5.82 Å². The van der Waals surface area contributed by atoms with Crippen LogP contribution in [0.15, 0.2) is 18.2 Å². The van der Waals surface area contributed by atoms with Crippen molar-refractivity contribution < 1.29 is 22.4 Å². The van der Waals surface area contributed by atoms with Crippen molar-refractivity contribution in [1.29, 1.82) is 0 Å². The topological polar surface area (TPSA) is 46.3 Å². The molecule has 1 aromatic carbocycles. The highest BCUT2D eigenvalue weighted by atomic mass is 35.5. The first-order chi connectivity index (χ1) is 9.49. The molecule has 0 radical (unpaired) electrons. The normalized spacial score (nSPS) is 11.8. The van der Waals surface area contributed by atoms with Gasteiger partial charge < -0.3 is 10.6 Å². The van der Waals surface area contributed by atoms with E-state index in [4.69, 9.17) is 5.73 Å². The number of amides is 1. The van der Waals surface area contributed by atoms with Crippen LogP contribution in [-0.2, 0) is 6.18 Å². The SMILES string of the molecule is CN(CC(C)(C)CN)C(=O)c1cccc(C(F)(F)F)c1F.Cl. The smallest absolute Gasteiger partial charge is 0.341 e. The predicted octanol–water partition coefficient (Wildman–Crippen LogP) is 3.32. The fourth-order valence-corrected chi connectivity index (χ4v) is 1.90. The van der Waals surface area contributed by atoms with Gasteiger partial charge in [-0.1, -0.05) is 19.9 Å². The van der Waals surface area contributed by atoms with E-state index < -0.39 is 34.4 Å². The van der Waals surface area contributed by atoms with Crippen LogP contribution >= 0.6 is 12.4 Å². The van der Waals surface area contributed by atoms with Crippen LogP contribution in [-0.4, -0.2) is 30.9 Å². The summed E-state index contributed by atoms with van der Waals surface area (Å²) in [6, 6.07) is 2.66. The van der Waals surface area contributed by atoms with Crippen LogP contribution in [0, 0.1) is 11.2 Å². The number of rotatable bonds is 4. The van der Waals surface area contributed by atoms with Gasteiger partial charge in [-0.3, -0.25) is 4.79 Å². The summed E-state index contributed by atoms with van der Waals surface area (Å²) in [6.07, 6.45) is -4.84. The Morgan fingerprint density at radius 1 is 1.27 bits per heavy atom. The second-order valence-electron chi connectivity index (χ2n) is 5.69. The van der Waals surface area contributed by atoms with E-state index in [9.17, 15) is 22.4 Å². The maximum absolute atomic E-state index is 13.9. The average Bonchev–Trinajstić information content (AvgIpc) is 2.36. The first kappa shape index (κ1) is 20.7. The number of alkyl halides is 3. The molecule has 1 aromatic rings. The number of carbonyl (C=O) groups is 1. The molecule has 22 heavy (non-hydrogen) atoms. The van der Waals surface area contributed by atoms with Gasteiger partial charge >= 0.3 is 6.18 Å². The third-order valence-electron chi connectivity index (χ3n) is 3.10. The molecule has 0 fully saturated rings. The second-order valence-corrected chi connectivity index (χ2v) is 5.69. The number of halogens is 5. The van der Waals surface area contributed by atoms with E-state index in [1.165, 1.54) is 11.9 Å². The zero-order valence-corrected chi connectivity index (χ0v) is 13.3. The Morgan fingerprint density at radius 3 is 2.27 bits per heavy atom. The van der Waals surface area contributed by atoms with Crippen LogP contribution in [0.4, 0.5) is 17.6 Å². The summed E-state index contributed by atoms with van der Waals surface area (Å²) in [4.78, 5) is 13.3. The van der Waals surface area contributed by atoms with Gasteiger partial charge in [0.15, 0.2) is 0 Å². The van der Waals surface area contributed by atoms with Gasteiger partial charge in [-0.25, -0.2) is 4.39 Å². The molecular formula is C14H19ClF4N2O. The fraction of sp³-hybridized carbons (Fsp3) is 0.500. The maximum atomic E-state index is 13.9. The molecule has 0 atom stereocenters. The quantitative estimate of drug-likeness (QED) is 0.853. The number of benzene rings is 1. The van der Waals surface area contributed by atoms with Crippen molar-refractivity contribution in [2.75, 3.05) is 20.1 Å². The highest BCUT2D eigenvalue weighted by Crippen LogP contribution is 2.32. The number of hydrogen-bond acceptors (Lipinski definition) is 2. The largest absolute Gasteiger partial charge is 0.419 e. The van der Waals surface area contributed by atoms with E-state index in [1.807, 2.05) is 0 Å². The molecule has 0 aromatic heterocycles. The minimum atomic E-state index is -4.84. The number of nitrogens with two attached hydrogens (primary N) is 1. The molecule has 0 bridgehead atoms. The zero-order chi connectivity index (χ0) is 16.4. The third-order valence-corrected chi connectivity index (χ3v) is 3.10. The van der Waals surface area contributed by atoms with Crippen LogP contribution in [0.3, 0.4) is 0 Å². The maximum Gasteiger partial charge on any atom is 0.419 e. The Kier molecular flexibility index (Phi) is 6.84.